The monoisotopic (exact) mass is 287 g/mol. The molecule has 1 aromatic heterocycles. The molecule has 0 fully saturated rings. The minimum atomic E-state index is -0.494. The van der Waals surface area contributed by atoms with Gasteiger partial charge >= 0.3 is 5.97 Å². The second kappa shape index (κ2) is 6.00. The maximum Gasteiger partial charge on any atom is 0.337 e. The number of carbonyl (C=O) groups excluding carboxylic acids is 2. The Morgan fingerprint density at radius 3 is 2.67 bits per heavy atom. The normalized spacial score (nSPS) is 10.0. The fraction of sp³-hybridized carbons (Fsp3) is 0.143. The van der Waals surface area contributed by atoms with Gasteiger partial charge in [-0.25, -0.2) is 9.48 Å². The average Bonchev–Trinajstić information content (AvgIpc) is 2.49. The second-order valence-corrected chi connectivity index (χ2v) is 4.21. The molecule has 7 heteroatoms. The van der Waals surface area contributed by atoms with Crippen LogP contribution in [0.25, 0.3) is 0 Å². The van der Waals surface area contributed by atoms with Gasteiger partial charge in [-0.2, -0.15) is 5.10 Å². The third-order valence-electron chi connectivity index (χ3n) is 2.73. The number of ether oxygens (including phenoxy) is 1. The standard InChI is InChI=1S/C14H13N3O4/c1-17-12(18)7-6-11(16-17)13(19)15-10-5-3-4-9(8-10)14(20)21-2/h3-8H,1-2H3,(H,15,19). The van der Waals surface area contributed by atoms with E-state index < -0.39 is 11.9 Å². The number of rotatable bonds is 3. The van der Waals surface area contributed by atoms with Crippen LogP contribution in [0.1, 0.15) is 20.8 Å². The largest absolute Gasteiger partial charge is 0.465 e. The quantitative estimate of drug-likeness (QED) is 0.844. The molecule has 1 heterocycles. The van der Waals surface area contributed by atoms with Crippen LogP contribution in [0.15, 0.2) is 41.2 Å². The highest BCUT2D eigenvalue weighted by Gasteiger charge is 2.11. The summed E-state index contributed by atoms with van der Waals surface area (Å²) < 4.78 is 5.68. The maximum atomic E-state index is 12.0. The molecule has 0 saturated heterocycles. The number of hydrogen-bond acceptors (Lipinski definition) is 5. The van der Waals surface area contributed by atoms with Crippen LogP contribution in [0.3, 0.4) is 0 Å². The Morgan fingerprint density at radius 1 is 1.24 bits per heavy atom. The minimum Gasteiger partial charge on any atom is -0.465 e. The van der Waals surface area contributed by atoms with Gasteiger partial charge < -0.3 is 10.1 Å². The van der Waals surface area contributed by atoms with Gasteiger partial charge in [0.05, 0.1) is 12.7 Å². The number of aromatic nitrogens is 2. The predicted molar refractivity (Wildman–Crippen MR) is 75.2 cm³/mol. The van der Waals surface area contributed by atoms with Crippen molar-refractivity contribution >= 4 is 17.6 Å². The highest BCUT2D eigenvalue weighted by molar-refractivity contribution is 6.03. The molecule has 0 aliphatic carbocycles. The van der Waals surface area contributed by atoms with E-state index >= 15 is 0 Å². The summed E-state index contributed by atoms with van der Waals surface area (Å²) in [5.74, 6) is -0.973. The van der Waals surface area contributed by atoms with Gasteiger partial charge in [0.1, 0.15) is 5.69 Å². The van der Waals surface area contributed by atoms with Gasteiger partial charge in [-0.15, -0.1) is 0 Å². The van der Waals surface area contributed by atoms with Crippen LogP contribution >= 0.6 is 0 Å². The van der Waals surface area contributed by atoms with E-state index in [1.165, 1.54) is 32.4 Å². The summed E-state index contributed by atoms with van der Waals surface area (Å²) in [6.45, 7) is 0. The molecule has 0 spiro atoms. The zero-order valence-electron chi connectivity index (χ0n) is 11.5. The van der Waals surface area contributed by atoms with Gasteiger partial charge in [-0.3, -0.25) is 9.59 Å². The molecular weight excluding hydrogens is 274 g/mol. The van der Waals surface area contributed by atoms with E-state index in [0.717, 1.165) is 4.68 Å². The number of esters is 1. The summed E-state index contributed by atoms with van der Waals surface area (Å²) in [7, 11) is 2.74. The zero-order chi connectivity index (χ0) is 15.4. The molecule has 0 saturated carbocycles. The molecule has 0 aliphatic rings. The first kappa shape index (κ1) is 14.4. The Bertz CT molecular complexity index is 752. The van der Waals surface area contributed by atoms with Crippen LogP contribution < -0.4 is 10.9 Å². The zero-order valence-corrected chi connectivity index (χ0v) is 11.5. The number of nitrogens with one attached hydrogen (secondary N) is 1. The third kappa shape index (κ3) is 3.33. The Labute approximate surface area is 120 Å². The maximum absolute atomic E-state index is 12.0. The van der Waals surface area contributed by atoms with Crippen molar-refractivity contribution in [3.8, 4) is 0 Å². The molecule has 1 N–H and O–H groups in total. The summed E-state index contributed by atoms with van der Waals surface area (Å²) >= 11 is 0. The molecule has 21 heavy (non-hydrogen) atoms. The van der Waals surface area contributed by atoms with Crippen molar-refractivity contribution in [1.29, 1.82) is 0 Å². The predicted octanol–water partition coefficient (Wildman–Crippen LogP) is 0.819. The van der Waals surface area contributed by atoms with E-state index in [0.29, 0.717) is 11.3 Å². The van der Waals surface area contributed by atoms with Crippen LogP contribution in [0.4, 0.5) is 5.69 Å². The average molecular weight is 287 g/mol. The molecule has 1 amide bonds. The van der Waals surface area contributed by atoms with Crippen LogP contribution in [-0.2, 0) is 11.8 Å². The van der Waals surface area contributed by atoms with Crippen molar-refractivity contribution in [2.45, 2.75) is 0 Å². The summed E-state index contributed by atoms with van der Waals surface area (Å²) in [5, 5.41) is 6.44. The number of aryl methyl sites for hydroxylation is 1. The van der Waals surface area contributed by atoms with Crippen LogP contribution in [-0.4, -0.2) is 28.8 Å². The van der Waals surface area contributed by atoms with Crippen molar-refractivity contribution in [3.63, 3.8) is 0 Å². The van der Waals surface area contributed by atoms with Crippen LogP contribution in [0.2, 0.25) is 0 Å². The van der Waals surface area contributed by atoms with E-state index in [-0.39, 0.29) is 11.3 Å². The third-order valence-corrected chi connectivity index (χ3v) is 2.73. The first-order chi connectivity index (χ1) is 10.0. The van der Waals surface area contributed by atoms with Crippen molar-refractivity contribution in [1.82, 2.24) is 9.78 Å². The summed E-state index contributed by atoms with van der Waals surface area (Å²) in [6.07, 6.45) is 0. The van der Waals surface area contributed by atoms with E-state index in [1.807, 2.05) is 0 Å². The van der Waals surface area contributed by atoms with Crippen LogP contribution in [0.5, 0.6) is 0 Å². The Balaban J connectivity index is 2.21. The number of methoxy groups -OCH3 is 1. The number of carbonyl (C=O) groups is 2. The lowest BCUT2D eigenvalue weighted by Crippen LogP contribution is -2.23. The first-order valence-corrected chi connectivity index (χ1v) is 6.05. The lowest BCUT2D eigenvalue weighted by atomic mass is 10.2. The molecule has 0 aliphatic heterocycles. The molecular formula is C14H13N3O4. The Hall–Kier alpha value is -2.96. The number of nitrogens with zero attached hydrogens (tertiary/aromatic N) is 2. The second-order valence-electron chi connectivity index (χ2n) is 4.21. The fourth-order valence-corrected chi connectivity index (χ4v) is 1.66. The summed E-state index contributed by atoms with van der Waals surface area (Å²) in [5.41, 5.74) is 0.544. The molecule has 7 nitrogen and oxygen atoms in total. The molecule has 0 atom stereocenters. The number of amides is 1. The lowest BCUT2D eigenvalue weighted by Gasteiger charge is -2.06. The van der Waals surface area contributed by atoms with Gasteiger partial charge in [-0.05, 0) is 24.3 Å². The SMILES string of the molecule is COC(=O)c1cccc(NC(=O)c2ccc(=O)n(C)n2)c1. The van der Waals surface area contributed by atoms with Crippen molar-refractivity contribution in [2.75, 3.05) is 12.4 Å². The lowest BCUT2D eigenvalue weighted by molar-refractivity contribution is 0.0600. The molecule has 2 aromatic rings. The van der Waals surface area contributed by atoms with Gasteiger partial charge in [0.25, 0.3) is 11.5 Å². The molecule has 0 unspecified atom stereocenters. The van der Waals surface area contributed by atoms with Crippen molar-refractivity contribution < 1.29 is 14.3 Å². The number of anilines is 1. The molecule has 2 rings (SSSR count). The van der Waals surface area contributed by atoms with Crippen molar-refractivity contribution in [3.05, 3.63) is 58.0 Å². The molecule has 0 bridgehead atoms. The molecule has 0 radical (unpaired) electrons. The number of hydrogen-bond donors (Lipinski definition) is 1. The Kier molecular flexibility index (Phi) is 4.13. The van der Waals surface area contributed by atoms with Gasteiger partial charge in [-0.1, -0.05) is 6.07 Å². The molecule has 1 aromatic carbocycles. The fourth-order valence-electron chi connectivity index (χ4n) is 1.66. The summed E-state index contributed by atoms with van der Waals surface area (Å²) in [4.78, 5) is 34.7. The van der Waals surface area contributed by atoms with E-state index in [9.17, 15) is 14.4 Å². The highest BCUT2D eigenvalue weighted by atomic mass is 16.5. The van der Waals surface area contributed by atoms with Gasteiger partial charge in [0.2, 0.25) is 0 Å². The van der Waals surface area contributed by atoms with Gasteiger partial charge in [0, 0.05) is 18.8 Å². The van der Waals surface area contributed by atoms with E-state index in [1.54, 1.807) is 18.2 Å². The van der Waals surface area contributed by atoms with Gasteiger partial charge in [0.15, 0.2) is 0 Å². The van der Waals surface area contributed by atoms with E-state index in [2.05, 4.69) is 15.2 Å². The van der Waals surface area contributed by atoms with E-state index in [4.69, 9.17) is 0 Å². The topological polar surface area (TPSA) is 90.3 Å². The number of benzene rings is 1. The molecule has 108 valence electrons. The summed E-state index contributed by atoms with van der Waals surface area (Å²) in [6, 6.07) is 8.91. The highest BCUT2D eigenvalue weighted by Crippen LogP contribution is 2.12. The van der Waals surface area contributed by atoms with Crippen LogP contribution in [0, 0.1) is 0 Å². The Morgan fingerprint density at radius 2 is 2.00 bits per heavy atom. The first-order valence-electron chi connectivity index (χ1n) is 6.05. The van der Waals surface area contributed by atoms with Crippen molar-refractivity contribution in [2.24, 2.45) is 7.05 Å². The smallest absolute Gasteiger partial charge is 0.337 e. The minimum absolute atomic E-state index is 0.0978.